The number of para-hydroxylation sites is 2. The van der Waals surface area contributed by atoms with Gasteiger partial charge >= 0.3 is 8.25 Å². The van der Waals surface area contributed by atoms with Crippen LogP contribution in [0.2, 0.25) is 0 Å². The van der Waals surface area contributed by atoms with Crippen LogP contribution in [0.1, 0.15) is 0 Å². The molecule has 2 rings (SSSR count). The lowest BCUT2D eigenvalue weighted by Gasteiger charge is -2.03. The summed E-state index contributed by atoms with van der Waals surface area (Å²) in [7, 11) is -2.15. The Kier molecular flexibility index (Phi) is 7.39. The zero-order chi connectivity index (χ0) is 15.5. The van der Waals surface area contributed by atoms with E-state index in [9.17, 15) is 4.57 Å². The average molecular weight is 321 g/mol. The SMILES string of the molecule is O=[P+](OCCOc1ccccc1)OCCOc1ccccc1. The van der Waals surface area contributed by atoms with Gasteiger partial charge in [0.25, 0.3) is 0 Å². The Morgan fingerprint density at radius 1 is 0.636 bits per heavy atom. The molecule has 6 heteroatoms. The van der Waals surface area contributed by atoms with Crippen molar-refractivity contribution in [2.75, 3.05) is 26.4 Å². The van der Waals surface area contributed by atoms with Crippen LogP contribution in [0.3, 0.4) is 0 Å². The Morgan fingerprint density at radius 3 is 1.45 bits per heavy atom. The summed E-state index contributed by atoms with van der Waals surface area (Å²) in [5, 5.41) is 0. The van der Waals surface area contributed by atoms with Gasteiger partial charge in [-0.15, -0.1) is 9.05 Å². The Balaban J connectivity index is 1.49. The van der Waals surface area contributed by atoms with Gasteiger partial charge in [-0.3, -0.25) is 0 Å². The summed E-state index contributed by atoms with van der Waals surface area (Å²) < 4.78 is 32.3. The van der Waals surface area contributed by atoms with Crippen molar-refractivity contribution in [3.05, 3.63) is 60.7 Å². The van der Waals surface area contributed by atoms with Crippen LogP contribution in [-0.2, 0) is 13.6 Å². The van der Waals surface area contributed by atoms with E-state index in [2.05, 4.69) is 0 Å². The molecule has 0 radical (unpaired) electrons. The number of hydrogen-bond donors (Lipinski definition) is 0. The standard InChI is InChI=1S/C16H18O5P/c17-22(20-13-11-18-15-7-3-1-4-8-15)21-14-12-19-16-9-5-2-6-10-16/h1-10H,11-14H2/q+1. The lowest BCUT2D eigenvalue weighted by atomic mass is 10.3. The summed E-state index contributed by atoms with van der Waals surface area (Å²) in [6.07, 6.45) is 0. The van der Waals surface area contributed by atoms with E-state index >= 15 is 0 Å². The highest BCUT2D eigenvalue weighted by molar-refractivity contribution is 7.33. The molecule has 0 saturated carbocycles. The van der Waals surface area contributed by atoms with E-state index in [0.717, 1.165) is 11.5 Å². The van der Waals surface area contributed by atoms with Gasteiger partial charge in [-0.25, -0.2) is 0 Å². The molecule has 0 saturated heterocycles. The maximum Gasteiger partial charge on any atom is 0.697 e. The van der Waals surface area contributed by atoms with Crippen molar-refractivity contribution in [3.8, 4) is 11.5 Å². The van der Waals surface area contributed by atoms with Gasteiger partial charge in [0.15, 0.2) is 0 Å². The third-order valence-electron chi connectivity index (χ3n) is 2.58. The number of rotatable bonds is 10. The van der Waals surface area contributed by atoms with E-state index in [1.54, 1.807) is 0 Å². The fourth-order valence-electron chi connectivity index (χ4n) is 1.61. The second-order valence-electron chi connectivity index (χ2n) is 4.21. The van der Waals surface area contributed by atoms with Crippen molar-refractivity contribution in [1.82, 2.24) is 0 Å². The first kappa shape index (κ1) is 16.4. The first-order chi connectivity index (χ1) is 10.8. The van der Waals surface area contributed by atoms with Crippen LogP contribution < -0.4 is 9.47 Å². The molecule has 0 aliphatic heterocycles. The van der Waals surface area contributed by atoms with Crippen LogP contribution in [-0.4, -0.2) is 26.4 Å². The second kappa shape index (κ2) is 9.90. The molecule has 0 spiro atoms. The van der Waals surface area contributed by atoms with Gasteiger partial charge in [0, 0.05) is 4.57 Å². The van der Waals surface area contributed by atoms with Gasteiger partial charge in [0.2, 0.25) is 0 Å². The summed E-state index contributed by atoms with van der Waals surface area (Å²) in [5.74, 6) is 1.50. The summed E-state index contributed by atoms with van der Waals surface area (Å²) in [5.41, 5.74) is 0. The Labute approximate surface area is 130 Å². The molecule has 0 fully saturated rings. The molecule has 2 aromatic rings. The van der Waals surface area contributed by atoms with Crippen molar-refractivity contribution in [1.29, 1.82) is 0 Å². The molecule has 0 bridgehead atoms. The van der Waals surface area contributed by atoms with Crippen molar-refractivity contribution < 1.29 is 23.1 Å². The normalized spacial score (nSPS) is 10.2. The molecule has 2 aromatic carbocycles. The maximum absolute atomic E-state index is 11.5. The molecular weight excluding hydrogens is 303 g/mol. The van der Waals surface area contributed by atoms with Gasteiger partial charge in [0.1, 0.15) is 37.9 Å². The van der Waals surface area contributed by atoms with E-state index in [1.807, 2.05) is 60.7 Å². The topological polar surface area (TPSA) is 54.0 Å². The molecule has 0 N–H and O–H groups in total. The lowest BCUT2D eigenvalue weighted by molar-refractivity contribution is 0.165. The first-order valence-electron chi connectivity index (χ1n) is 6.93. The molecule has 0 aromatic heterocycles. The third-order valence-corrected chi connectivity index (χ3v) is 3.37. The quantitative estimate of drug-likeness (QED) is 0.492. The van der Waals surface area contributed by atoms with Gasteiger partial charge in [0.05, 0.1) is 0 Å². The predicted octanol–water partition coefficient (Wildman–Crippen LogP) is 3.84. The number of ether oxygens (including phenoxy) is 2. The second-order valence-corrected chi connectivity index (χ2v) is 5.18. The zero-order valence-corrected chi connectivity index (χ0v) is 13.0. The van der Waals surface area contributed by atoms with Crippen molar-refractivity contribution in [2.45, 2.75) is 0 Å². The average Bonchev–Trinajstić information content (AvgIpc) is 2.57. The molecule has 0 atom stereocenters. The molecule has 0 amide bonds. The largest absolute Gasteiger partial charge is 0.697 e. The smallest absolute Gasteiger partial charge is 0.491 e. The maximum atomic E-state index is 11.5. The highest BCUT2D eigenvalue weighted by Crippen LogP contribution is 2.23. The molecule has 22 heavy (non-hydrogen) atoms. The summed E-state index contributed by atoms with van der Waals surface area (Å²) in [6.45, 7) is 1.03. The van der Waals surface area contributed by atoms with E-state index in [0.29, 0.717) is 13.2 Å². The third kappa shape index (κ3) is 6.68. The minimum Gasteiger partial charge on any atom is -0.491 e. The van der Waals surface area contributed by atoms with Gasteiger partial charge in [-0.1, -0.05) is 36.4 Å². The van der Waals surface area contributed by atoms with Crippen molar-refractivity contribution in [3.63, 3.8) is 0 Å². The van der Waals surface area contributed by atoms with Crippen molar-refractivity contribution >= 4 is 8.25 Å². The highest BCUT2D eigenvalue weighted by atomic mass is 31.1. The molecule has 5 nitrogen and oxygen atoms in total. The number of benzene rings is 2. The summed E-state index contributed by atoms with van der Waals surface area (Å²) in [4.78, 5) is 0. The van der Waals surface area contributed by atoms with E-state index in [4.69, 9.17) is 18.5 Å². The van der Waals surface area contributed by atoms with Gasteiger partial charge in [-0.05, 0) is 24.3 Å². The molecular formula is C16H18O5P+. The first-order valence-corrected chi connectivity index (χ1v) is 8.03. The molecule has 0 aliphatic rings. The van der Waals surface area contributed by atoms with Crippen LogP contribution >= 0.6 is 8.25 Å². The fraction of sp³-hybridized carbons (Fsp3) is 0.250. The Bertz CT molecular complexity index is 497. The molecule has 0 aliphatic carbocycles. The van der Waals surface area contributed by atoms with Crippen molar-refractivity contribution in [2.24, 2.45) is 0 Å². The Morgan fingerprint density at radius 2 is 1.05 bits per heavy atom. The summed E-state index contributed by atoms with van der Waals surface area (Å²) >= 11 is 0. The lowest BCUT2D eigenvalue weighted by Crippen LogP contribution is -2.06. The van der Waals surface area contributed by atoms with E-state index < -0.39 is 8.25 Å². The van der Waals surface area contributed by atoms with Crippen LogP contribution in [0, 0.1) is 0 Å². The van der Waals surface area contributed by atoms with Crippen LogP contribution in [0.25, 0.3) is 0 Å². The predicted molar refractivity (Wildman–Crippen MR) is 83.4 cm³/mol. The molecule has 0 unspecified atom stereocenters. The van der Waals surface area contributed by atoms with Crippen LogP contribution in [0.15, 0.2) is 60.7 Å². The minimum absolute atomic E-state index is 0.198. The monoisotopic (exact) mass is 321 g/mol. The number of hydrogen-bond acceptors (Lipinski definition) is 5. The van der Waals surface area contributed by atoms with Crippen LogP contribution in [0.5, 0.6) is 11.5 Å². The highest BCUT2D eigenvalue weighted by Gasteiger charge is 2.19. The Hall–Kier alpha value is -1.94. The van der Waals surface area contributed by atoms with Gasteiger partial charge < -0.3 is 9.47 Å². The minimum atomic E-state index is -2.15. The van der Waals surface area contributed by atoms with Gasteiger partial charge in [-0.2, -0.15) is 0 Å². The zero-order valence-electron chi connectivity index (χ0n) is 12.1. The van der Waals surface area contributed by atoms with E-state index in [1.165, 1.54) is 0 Å². The van der Waals surface area contributed by atoms with Crippen LogP contribution in [0.4, 0.5) is 0 Å². The molecule has 0 heterocycles. The molecule has 116 valence electrons. The fourth-order valence-corrected chi connectivity index (χ4v) is 2.14. The van der Waals surface area contributed by atoms with E-state index in [-0.39, 0.29) is 13.2 Å². The summed E-state index contributed by atoms with van der Waals surface area (Å²) in [6, 6.07) is 18.7.